The minimum Gasteiger partial charge on any atom is -0.550 e. The van der Waals surface area contributed by atoms with E-state index < -0.39 is 47.2 Å². The first-order valence-electron chi connectivity index (χ1n) is 7.40. The lowest BCUT2D eigenvalue weighted by Gasteiger charge is -2.24. The van der Waals surface area contributed by atoms with Crippen molar-refractivity contribution in [2.24, 2.45) is 11.8 Å². The first-order valence-corrected chi connectivity index (χ1v) is 7.78. The van der Waals surface area contributed by atoms with Gasteiger partial charge in [-0.2, -0.15) is 13.2 Å². The molecule has 0 saturated carbocycles. The number of halogens is 4. The summed E-state index contributed by atoms with van der Waals surface area (Å²) >= 11 is 5.95. The predicted molar refractivity (Wildman–Crippen MR) is 77.5 cm³/mol. The van der Waals surface area contributed by atoms with Gasteiger partial charge in [0.15, 0.2) is 0 Å². The van der Waals surface area contributed by atoms with Crippen LogP contribution in [0.5, 0.6) is 0 Å². The van der Waals surface area contributed by atoms with Crippen LogP contribution in [0.25, 0.3) is 0 Å². The van der Waals surface area contributed by atoms with Crippen LogP contribution in [-0.4, -0.2) is 30.1 Å². The van der Waals surface area contributed by atoms with Crippen molar-refractivity contribution < 1.29 is 32.6 Å². The summed E-state index contributed by atoms with van der Waals surface area (Å²) in [6, 6.07) is 2.66. The van der Waals surface area contributed by atoms with Crippen LogP contribution in [0.4, 0.5) is 18.9 Å². The van der Waals surface area contributed by atoms with E-state index in [0.29, 0.717) is 0 Å². The van der Waals surface area contributed by atoms with Crippen LogP contribution < -0.4 is 10.0 Å². The van der Waals surface area contributed by atoms with Gasteiger partial charge in [0.2, 0.25) is 5.91 Å². The summed E-state index contributed by atoms with van der Waals surface area (Å²) in [5.41, 5.74) is -1.96. The number of rotatable bonds is 2. The number of carbonyl (C=O) groups excluding carboxylic acids is 2. The average Bonchev–Trinajstić information content (AvgIpc) is 3.14. The number of benzene rings is 1. The first-order chi connectivity index (χ1) is 11.6. The van der Waals surface area contributed by atoms with Crippen LogP contribution in [-0.2, 0) is 20.5 Å². The lowest BCUT2D eigenvalue weighted by atomic mass is 9.77. The number of anilines is 1. The number of hydrogen-bond donors (Lipinski definition) is 0. The summed E-state index contributed by atoms with van der Waals surface area (Å²) in [6.45, 7) is -0.0155. The number of fused-ring (bicyclic) bond motifs is 1. The van der Waals surface area contributed by atoms with Gasteiger partial charge in [-0.3, -0.25) is 4.79 Å². The number of carboxylic acids is 1. The molecule has 1 spiro atoms. The van der Waals surface area contributed by atoms with Crippen LogP contribution in [0.3, 0.4) is 0 Å². The number of carbonyl (C=O) groups is 2. The summed E-state index contributed by atoms with van der Waals surface area (Å²) < 4.78 is 44.0. The van der Waals surface area contributed by atoms with E-state index in [9.17, 15) is 27.9 Å². The van der Waals surface area contributed by atoms with Crippen molar-refractivity contribution in [1.29, 1.82) is 0 Å². The summed E-state index contributed by atoms with van der Waals surface area (Å²) in [6.07, 6.45) is -2.08. The van der Waals surface area contributed by atoms with Gasteiger partial charge in [0.05, 0.1) is 34.8 Å². The Morgan fingerprint density at radius 3 is 2.72 bits per heavy atom. The number of amides is 1. The molecule has 3 heterocycles. The van der Waals surface area contributed by atoms with Crippen molar-refractivity contribution in [3.63, 3.8) is 0 Å². The Morgan fingerprint density at radius 2 is 2.12 bits per heavy atom. The topological polar surface area (TPSA) is 69.7 Å². The Morgan fingerprint density at radius 1 is 1.40 bits per heavy atom. The lowest BCUT2D eigenvalue weighted by Crippen LogP contribution is -2.45. The third-order valence-corrected chi connectivity index (χ3v) is 5.24. The Labute approximate surface area is 144 Å². The third kappa shape index (κ3) is 2.20. The maximum atomic E-state index is 12.8. The van der Waals surface area contributed by atoms with Gasteiger partial charge in [-0.1, -0.05) is 23.8 Å². The summed E-state index contributed by atoms with van der Waals surface area (Å²) in [5, 5.41) is 11.1. The smallest absolute Gasteiger partial charge is 0.416 e. The van der Waals surface area contributed by atoms with Gasteiger partial charge in [0.1, 0.15) is 5.60 Å². The molecule has 1 aromatic rings. The molecule has 3 aliphatic heterocycles. The second-order valence-electron chi connectivity index (χ2n) is 6.31. The summed E-state index contributed by atoms with van der Waals surface area (Å²) in [5.74, 6) is -4.06. The molecule has 0 radical (unpaired) electrons. The Kier molecular flexibility index (Phi) is 3.27. The van der Waals surface area contributed by atoms with E-state index in [1.165, 1.54) is 4.90 Å². The monoisotopic (exact) mass is 372 g/mol. The molecule has 5 nitrogen and oxygen atoms in total. The molecule has 0 N–H and O–H groups in total. The highest BCUT2D eigenvalue weighted by Crippen LogP contribution is 2.53. The van der Waals surface area contributed by atoms with Crippen molar-refractivity contribution in [2.75, 3.05) is 11.4 Å². The molecule has 0 aliphatic carbocycles. The molecule has 0 aromatic heterocycles. The molecule has 9 heteroatoms. The van der Waals surface area contributed by atoms with Gasteiger partial charge in [0, 0.05) is 11.9 Å². The van der Waals surface area contributed by atoms with Crippen LogP contribution in [0.1, 0.15) is 5.56 Å². The second kappa shape index (κ2) is 4.98. The van der Waals surface area contributed by atoms with Gasteiger partial charge in [-0.15, -0.1) is 0 Å². The molecule has 3 aliphatic rings. The minimum atomic E-state index is -4.56. The average molecular weight is 373 g/mol. The van der Waals surface area contributed by atoms with Crippen molar-refractivity contribution in [3.8, 4) is 0 Å². The van der Waals surface area contributed by atoms with E-state index in [2.05, 4.69) is 0 Å². The highest BCUT2D eigenvalue weighted by atomic mass is 35.5. The molecule has 4 rings (SSSR count). The van der Waals surface area contributed by atoms with E-state index >= 15 is 0 Å². The number of nitrogens with zero attached hydrogens (tertiary/aromatic N) is 1. The Balaban J connectivity index is 1.72. The highest BCUT2D eigenvalue weighted by molar-refractivity contribution is 6.34. The van der Waals surface area contributed by atoms with E-state index in [1.807, 2.05) is 0 Å². The standard InChI is InChI=1S/C16H11ClF3NO4/c17-8-5-7(16(18,19)20)1-2-9(8)21-6-15-4-3-10(25-15)11(14(23)24)12(15)13(21)22/h1-5,10-12H,6H2,(H,23,24)/p-1/t10-,11-,12+,15-/m0/s1. The summed E-state index contributed by atoms with van der Waals surface area (Å²) in [7, 11) is 0. The number of ether oxygens (including phenoxy) is 1. The van der Waals surface area contributed by atoms with Crippen LogP contribution in [0.15, 0.2) is 30.4 Å². The van der Waals surface area contributed by atoms with Crippen molar-refractivity contribution in [2.45, 2.75) is 17.9 Å². The maximum absolute atomic E-state index is 12.8. The van der Waals surface area contributed by atoms with Gasteiger partial charge in [-0.25, -0.2) is 0 Å². The first kappa shape index (κ1) is 16.4. The molecule has 2 bridgehead atoms. The molecule has 2 fully saturated rings. The predicted octanol–water partition coefficient (Wildman–Crippen LogP) is 1.40. The molecule has 1 aromatic carbocycles. The zero-order chi connectivity index (χ0) is 18.1. The van der Waals surface area contributed by atoms with Gasteiger partial charge >= 0.3 is 6.18 Å². The molecular weight excluding hydrogens is 363 g/mol. The van der Waals surface area contributed by atoms with Crippen molar-refractivity contribution in [1.82, 2.24) is 0 Å². The second-order valence-corrected chi connectivity index (χ2v) is 6.71. The van der Waals surface area contributed by atoms with E-state index in [1.54, 1.807) is 12.2 Å². The minimum absolute atomic E-state index is 0.0155. The molecule has 132 valence electrons. The quantitative estimate of drug-likeness (QED) is 0.736. The SMILES string of the molecule is O=C([O-])[C@H]1[C@@H]2C=C[C@@]3(CN(c4ccc(C(F)(F)F)cc4Cl)C(=O)[C@@H]13)O2. The maximum Gasteiger partial charge on any atom is 0.416 e. The normalized spacial score (nSPS) is 33.2. The number of alkyl halides is 3. The molecule has 25 heavy (non-hydrogen) atoms. The van der Waals surface area contributed by atoms with Crippen LogP contribution in [0, 0.1) is 11.8 Å². The number of carboxylic acid groups (broad SMARTS) is 1. The van der Waals surface area contributed by atoms with Gasteiger partial charge in [0.25, 0.3) is 0 Å². The van der Waals surface area contributed by atoms with Crippen molar-refractivity contribution >= 4 is 29.2 Å². The zero-order valence-electron chi connectivity index (χ0n) is 12.4. The molecule has 0 unspecified atom stereocenters. The molecular formula is C16H10ClF3NO4-. The Hall–Kier alpha value is -2.06. The largest absolute Gasteiger partial charge is 0.550 e. The fraction of sp³-hybridized carbons (Fsp3) is 0.375. The highest BCUT2D eigenvalue weighted by Gasteiger charge is 2.65. The lowest BCUT2D eigenvalue weighted by molar-refractivity contribution is -0.313. The molecule has 4 atom stereocenters. The fourth-order valence-electron chi connectivity index (χ4n) is 3.87. The fourth-order valence-corrected chi connectivity index (χ4v) is 4.16. The number of hydrogen-bond acceptors (Lipinski definition) is 4. The van der Waals surface area contributed by atoms with Gasteiger partial charge < -0.3 is 19.5 Å². The van der Waals surface area contributed by atoms with Crippen molar-refractivity contribution in [3.05, 3.63) is 40.9 Å². The summed E-state index contributed by atoms with van der Waals surface area (Å²) in [4.78, 5) is 25.3. The van der Waals surface area contributed by atoms with Crippen LogP contribution in [0.2, 0.25) is 5.02 Å². The van der Waals surface area contributed by atoms with Gasteiger partial charge in [-0.05, 0) is 18.2 Å². The van der Waals surface area contributed by atoms with E-state index in [0.717, 1.165) is 18.2 Å². The van der Waals surface area contributed by atoms with E-state index in [4.69, 9.17) is 16.3 Å². The number of aliphatic carboxylic acids is 1. The van der Waals surface area contributed by atoms with E-state index in [-0.39, 0.29) is 17.3 Å². The third-order valence-electron chi connectivity index (χ3n) is 4.94. The molecule has 1 amide bonds. The Bertz CT molecular complexity index is 824. The van der Waals surface area contributed by atoms with Crippen LogP contribution >= 0.6 is 11.6 Å². The molecule has 2 saturated heterocycles. The zero-order valence-corrected chi connectivity index (χ0v) is 13.2.